The van der Waals surface area contributed by atoms with Gasteiger partial charge in [0.05, 0.1) is 18.4 Å². The largest absolute Gasteiger partial charge is 0.495 e. The summed E-state index contributed by atoms with van der Waals surface area (Å²) in [6, 6.07) is 8.13. The van der Waals surface area contributed by atoms with Gasteiger partial charge < -0.3 is 25.0 Å². The number of carbonyl (C=O) groups excluding carboxylic acids is 2. The molecule has 0 spiro atoms. The number of fused-ring (bicyclic) bond motifs is 1. The number of carbonyl (C=O) groups is 2. The van der Waals surface area contributed by atoms with Crippen LogP contribution < -0.4 is 15.0 Å². The first-order valence-corrected chi connectivity index (χ1v) is 14.2. The molecule has 7 nitrogen and oxygen atoms in total. The van der Waals surface area contributed by atoms with Crippen LogP contribution in [0.3, 0.4) is 0 Å². The average Bonchev–Trinajstić information content (AvgIpc) is 3.70. The summed E-state index contributed by atoms with van der Waals surface area (Å²) in [7, 11) is 1.70. The van der Waals surface area contributed by atoms with Crippen LogP contribution in [0.4, 0.5) is 5.69 Å². The predicted molar refractivity (Wildman–Crippen MR) is 144 cm³/mol. The molecule has 0 bridgehead atoms. The number of rotatable bonds is 7. The molecule has 0 radical (unpaired) electrons. The van der Waals surface area contributed by atoms with Crippen LogP contribution >= 0.6 is 0 Å². The van der Waals surface area contributed by atoms with E-state index in [1.165, 1.54) is 0 Å². The Morgan fingerprint density at radius 3 is 2.43 bits per heavy atom. The van der Waals surface area contributed by atoms with Gasteiger partial charge in [0.15, 0.2) is 0 Å². The number of nitrogens with one attached hydrogen (secondary N) is 1. The van der Waals surface area contributed by atoms with Crippen LogP contribution in [-0.2, 0) is 9.59 Å². The highest BCUT2D eigenvalue weighted by Crippen LogP contribution is 2.64. The van der Waals surface area contributed by atoms with Crippen molar-refractivity contribution in [3.05, 3.63) is 24.3 Å². The van der Waals surface area contributed by atoms with Gasteiger partial charge in [-0.15, -0.1) is 0 Å². The van der Waals surface area contributed by atoms with E-state index in [4.69, 9.17) is 4.74 Å². The zero-order valence-corrected chi connectivity index (χ0v) is 23.1. The number of para-hydroxylation sites is 2. The van der Waals surface area contributed by atoms with Crippen molar-refractivity contribution in [1.29, 1.82) is 0 Å². The van der Waals surface area contributed by atoms with Gasteiger partial charge in [-0.1, -0.05) is 26.0 Å². The molecule has 7 heteroatoms. The smallest absolute Gasteiger partial charge is 0.223 e. The molecule has 1 saturated heterocycles. The third-order valence-corrected chi connectivity index (χ3v) is 9.96. The average molecular weight is 512 g/mol. The van der Waals surface area contributed by atoms with Crippen LogP contribution in [0.15, 0.2) is 24.3 Å². The molecular weight excluding hydrogens is 466 g/mol. The summed E-state index contributed by atoms with van der Waals surface area (Å²) < 4.78 is 5.54. The van der Waals surface area contributed by atoms with E-state index in [0.29, 0.717) is 19.5 Å². The fraction of sp³-hybridized carbons (Fsp3) is 0.733. The summed E-state index contributed by atoms with van der Waals surface area (Å²) in [4.78, 5) is 30.6. The Morgan fingerprint density at radius 2 is 1.76 bits per heavy atom. The summed E-state index contributed by atoms with van der Waals surface area (Å²) in [5, 5.41) is 14.4. The lowest BCUT2D eigenvalue weighted by molar-refractivity contribution is -0.133. The number of anilines is 1. The van der Waals surface area contributed by atoms with Gasteiger partial charge in [-0.2, -0.15) is 0 Å². The van der Waals surface area contributed by atoms with Crippen LogP contribution in [-0.4, -0.2) is 66.8 Å². The lowest BCUT2D eigenvalue weighted by atomic mass is 9.57. The van der Waals surface area contributed by atoms with Crippen molar-refractivity contribution in [2.75, 3.05) is 38.2 Å². The number of piperazine rings is 1. The third-order valence-electron chi connectivity index (χ3n) is 9.96. The van der Waals surface area contributed by atoms with Crippen LogP contribution in [0.1, 0.15) is 72.1 Å². The molecule has 0 unspecified atom stereocenters. The minimum atomic E-state index is -0.681. The molecule has 204 valence electrons. The number of nitrogens with zero attached hydrogens (tertiary/aromatic N) is 2. The Kier molecular flexibility index (Phi) is 6.97. The highest BCUT2D eigenvalue weighted by atomic mass is 16.5. The standard InChI is InChI=1S/C30H45N3O4/c1-28(2)20-25(31-27(35)21-9-10-21)30(14-13-29(3,36)19-24(28)30)12-11-26(34)33-17-15-32(16-18-33)22-7-5-6-8-23(22)37-4/h5-8,21,24-25,36H,9-20H2,1-4H3,(H,31,35)/t24-,25-,29-,30-/m0/s1. The number of aliphatic hydroxyl groups is 1. The lowest BCUT2D eigenvalue weighted by Crippen LogP contribution is -2.53. The van der Waals surface area contributed by atoms with Crippen molar-refractivity contribution in [2.45, 2.75) is 83.8 Å². The minimum absolute atomic E-state index is 0.00925. The summed E-state index contributed by atoms with van der Waals surface area (Å²) in [5.41, 5.74) is 0.274. The normalized spacial score (nSPS) is 33.1. The van der Waals surface area contributed by atoms with E-state index in [1.54, 1.807) is 7.11 Å². The van der Waals surface area contributed by atoms with E-state index in [-0.39, 0.29) is 40.5 Å². The molecule has 5 rings (SSSR count). The van der Waals surface area contributed by atoms with Gasteiger partial charge in [-0.25, -0.2) is 0 Å². The monoisotopic (exact) mass is 511 g/mol. The molecule has 4 atom stereocenters. The Bertz CT molecular complexity index is 1010. The molecule has 4 aliphatic rings. The summed E-state index contributed by atoms with van der Waals surface area (Å²) in [6.45, 7) is 9.51. The first-order chi connectivity index (χ1) is 17.5. The Labute approximate surface area is 221 Å². The maximum absolute atomic E-state index is 13.5. The van der Waals surface area contributed by atoms with Crippen molar-refractivity contribution in [3.8, 4) is 5.75 Å². The van der Waals surface area contributed by atoms with E-state index in [2.05, 4.69) is 30.1 Å². The van der Waals surface area contributed by atoms with Crippen LogP contribution in [0.5, 0.6) is 5.75 Å². The van der Waals surface area contributed by atoms with Crippen molar-refractivity contribution >= 4 is 17.5 Å². The Morgan fingerprint density at radius 1 is 1.05 bits per heavy atom. The number of amides is 2. The first-order valence-electron chi connectivity index (χ1n) is 14.2. The number of hydrogen-bond acceptors (Lipinski definition) is 5. The number of methoxy groups -OCH3 is 1. The van der Waals surface area contributed by atoms with Gasteiger partial charge in [0.25, 0.3) is 0 Å². The van der Waals surface area contributed by atoms with Crippen LogP contribution in [0, 0.1) is 22.7 Å². The molecule has 1 aromatic carbocycles. The highest BCUT2D eigenvalue weighted by Gasteiger charge is 2.62. The summed E-state index contributed by atoms with van der Waals surface area (Å²) in [5.74, 6) is 1.72. The van der Waals surface area contributed by atoms with E-state index >= 15 is 0 Å². The molecule has 2 amide bonds. The molecule has 37 heavy (non-hydrogen) atoms. The second-order valence-corrected chi connectivity index (χ2v) is 13.1. The van der Waals surface area contributed by atoms with Gasteiger partial charge >= 0.3 is 0 Å². The summed E-state index contributed by atoms with van der Waals surface area (Å²) >= 11 is 0. The van der Waals surface area contributed by atoms with E-state index in [9.17, 15) is 14.7 Å². The van der Waals surface area contributed by atoms with E-state index < -0.39 is 5.60 Å². The van der Waals surface area contributed by atoms with Gasteiger partial charge in [0, 0.05) is 44.6 Å². The molecule has 2 N–H and O–H groups in total. The lowest BCUT2D eigenvalue weighted by Gasteiger charge is -2.51. The zero-order valence-electron chi connectivity index (χ0n) is 23.1. The minimum Gasteiger partial charge on any atom is -0.495 e. The van der Waals surface area contributed by atoms with Gasteiger partial charge in [0.1, 0.15) is 5.75 Å². The molecule has 1 heterocycles. The second kappa shape index (κ2) is 9.79. The first kappa shape index (κ1) is 26.3. The Balaban J connectivity index is 1.26. The maximum atomic E-state index is 13.5. The Hall–Kier alpha value is -2.28. The third kappa shape index (κ3) is 5.21. The molecule has 0 aromatic heterocycles. The van der Waals surface area contributed by atoms with Crippen LogP contribution in [0.2, 0.25) is 0 Å². The number of benzene rings is 1. The summed E-state index contributed by atoms with van der Waals surface area (Å²) in [6.07, 6.45) is 6.50. The fourth-order valence-corrected chi connectivity index (χ4v) is 7.65. The van der Waals surface area contributed by atoms with Gasteiger partial charge in [0.2, 0.25) is 11.8 Å². The topological polar surface area (TPSA) is 82.1 Å². The van der Waals surface area contributed by atoms with Crippen molar-refractivity contribution < 1.29 is 19.4 Å². The quantitative estimate of drug-likeness (QED) is 0.579. The second-order valence-electron chi connectivity index (χ2n) is 13.1. The predicted octanol–water partition coefficient (Wildman–Crippen LogP) is 3.99. The molecule has 1 aromatic rings. The van der Waals surface area contributed by atoms with Crippen molar-refractivity contribution in [3.63, 3.8) is 0 Å². The van der Waals surface area contributed by atoms with Crippen molar-refractivity contribution in [1.82, 2.24) is 10.2 Å². The molecular formula is C30H45N3O4. The molecule has 4 fully saturated rings. The zero-order chi connectivity index (χ0) is 26.4. The van der Waals surface area contributed by atoms with Gasteiger partial charge in [-0.05, 0) is 80.8 Å². The number of hydrogen-bond donors (Lipinski definition) is 2. The maximum Gasteiger partial charge on any atom is 0.223 e. The van der Waals surface area contributed by atoms with E-state index in [1.807, 2.05) is 30.0 Å². The molecule has 3 aliphatic carbocycles. The fourth-order valence-electron chi connectivity index (χ4n) is 7.65. The SMILES string of the molecule is COc1ccccc1N1CCN(C(=O)CC[C@]23CC[C@](C)(O)C[C@H]2C(C)(C)C[C@@H]3NC(=O)C2CC2)CC1. The van der Waals surface area contributed by atoms with Gasteiger partial charge in [-0.3, -0.25) is 9.59 Å². The number of ether oxygens (including phenoxy) is 1. The molecule has 3 saturated carbocycles. The highest BCUT2D eigenvalue weighted by molar-refractivity contribution is 5.81. The van der Waals surface area contributed by atoms with E-state index in [0.717, 1.165) is 69.5 Å². The molecule has 1 aliphatic heterocycles. The van der Waals surface area contributed by atoms with Crippen molar-refractivity contribution in [2.24, 2.45) is 22.7 Å². The van der Waals surface area contributed by atoms with Crippen LogP contribution in [0.25, 0.3) is 0 Å².